The van der Waals surface area contributed by atoms with Crippen LogP contribution in [0.25, 0.3) is 5.70 Å². The van der Waals surface area contributed by atoms with Crippen LogP contribution in [0.2, 0.25) is 5.02 Å². The lowest BCUT2D eigenvalue weighted by Crippen LogP contribution is -2.66. The number of nitrogens with two attached hydrogens (primary N) is 2. The summed E-state index contributed by atoms with van der Waals surface area (Å²) >= 11 is 6.01. The van der Waals surface area contributed by atoms with E-state index in [2.05, 4.69) is 10.1 Å². The first-order valence-corrected chi connectivity index (χ1v) is 12.1. The molecule has 1 aliphatic heterocycles. The van der Waals surface area contributed by atoms with Crippen LogP contribution in [0, 0.1) is 20.8 Å². The Morgan fingerprint density at radius 2 is 1.66 bits per heavy atom. The molecule has 1 aliphatic rings. The summed E-state index contributed by atoms with van der Waals surface area (Å²) in [7, 11) is -2.63. The van der Waals surface area contributed by atoms with Crippen LogP contribution in [0.5, 0.6) is 0 Å². The van der Waals surface area contributed by atoms with Gasteiger partial charge in [-0.3, -0.25) is 15.4 Å². The van der Waals surface area contributed by atoms with E-state index >= 15 is 0 Å². The molecule has 2 aromatic carbocycles. The zero-order valence-electron chi connectivity index (χ0n) is 19.9. The molecule has 2 heterocycles. The van der Waals surface area contributed by atoms with Crippen LogP contribution in [0.1, 0.15) is 27.8 Å². The van der Waals surface area contributed by atoms with Crippen molar-refractivity contribution >= 4 is 33.1 Å². The highest BCUT2D eigenvalue weighted by Crippen LogP contribution is 2.33. The molecule has 4 rings (SSSR count). The van der Waals surface area contributed by atoms with Crippen LogP contribution in [0.15, 0.2) is 64.9 Å². The van der Waals surface area contributed by atoms with Crippen molar-refractivity contribution in [2.75, 3.05) is 0 Å². The van der Waals surface area contributed by atoms with Crippen LogP contribution < -0.4 is 17.7 Å². The molecule has 1 atom stereocenters. The lowest BCUT2D eigenvalue weighted by atomic mass is 10.1. The van der Waals surface area contributed by atoms with E-state index < -0.39 is 16.0 Å². The molecule has 0 radical (unpaired) electrons. The molecular weight excluding hydrogens is 490 g/mol. The fourth-order valence-electron chi connectivity index (χ4n) is 4.01. The minimum Gasteiger partial charge on any atom is -0.344 e. The van der Waals surface area contributed by atoms with E-state index in [4.69, 9.17) is 27.4 Å². The van der Waals surface area contributed by atoms with E-state index in [1.165, 1.54) is 12.4 Å². The van der Waals surface area contributed by atoms with Crippen molar-refractivity contribution < 1.29 is 12.6 Å². The Balaban J connectivity index is 0.00000342. The van der Waals surface area contributed by atoms with Crippen LogP contribution in [0.4, 0.5) is 0 Å². The summed E-state index contributed by atoms with van der Waals surface area (Å²) in [5.74, 6) is 4.16. The molecular formula is C23H28ClN7O3S. The predicted molar refractivity (Wildman–Crippen MR) is 136 cm³/mol. The number of aliphatic imine (C=N–C) groups is 1. The van der Waals surface area contributed by atoms with Gasteiger partial charge in [-0.2, -0.15) is 13.5 Å². The maximum Gasteiger partial charge on any atom is 0.301 e. The number of hydrogen-bond acceptors (Lipinski definition) is 9. The SMILES string of the molecule is Cc1cc(C)c(S(=O)(=O)OC2(N)C(c3cnn(C)c3)=NC(c3ccc(Cl)cc3)=CN2N)c(C)c1.N. The maximum absolute atomic E-state index is 13.5. The number of aryl methyl sites for hydroxylation is 4. The minimum atomic E-state index is -4.35. The zero-order valence-corrected chi connectivity index (χ0v) is 21.4. The van der Waals surface area contributed by atoms with Crippen molar-refractivity contribution in [3.05, 3.63) is 87.8 Å². The van der Waals surface area contributed by atoms with Gasteiger partial charge in [0.25, 0.3) is 5.85 Å². The minimum absolute atomic E-state index is 0. The summed E-state index contributed by atoms with van der Waals surface area (Å²) in [4.78, 5) is 4.69. The normalized spacial score (nSPS) is 18.1. The average molecular weight is 518 g/mol. The summed E-state index contributed by atoms with van der Waals surface area (Å²) in [6.45, 7) is 5.30. The van der Waals surface area contributed by atoms with Crippen LogP contribution in [-0.4, -0.2) is 34.8 Å². The lowest BCUT2D eigenvalue weighted by Gasteiger charge is -2.39. The molecule has 0 fully saturated rings. The number of nitrogens with zero attached hydrogens (tertiary/aromatic N) is 4. The molecule has 0 spiro atoms. The van der Waals surface area contributed by atoms with Gasteiger partial charge in [0.15, 0.2) is 0 Å². The Morgan fingerprint density at radius 3 is 2.20 bits per heavy atom. The van der Waals surface area contributed by atoms with Crippen molar-refractivity contribution in [2.24, 2.45) is 23.6 Å². The second-order valence-corrected chi connectivity index (χ2v) is 10.2. The summed E-state index contributed by atoms with van der Waals surface area (Å²) in [5, 5.41) is 5.73. The second kappa shape index (κ2) is 9.53. The smallest absolute Gasteiger partial charge is 0.301 e. The Kier molecular flexibility index (Phi) is 7.23. The average Bonchev–Trinajstić information content (AvgIpc) is 3.15. The first-order valence-electron chi connectivity index (χ1n) is 10.3. The van der Waals surface area contributed by atoms with Gasteiger partial charge in [-0.1, -0.05) is 41.4 Å². The molecule has 3 aromatic rings. The fraction of sp³-hybridized carbons (Fsp3) is 0.217. The topological polar surface area (TPSA) is 164 Å². The Morgan fingerprint density at radius 1 is 1.06 bits per heavy atom. The van der Waals surface area contributed by atoms with Gasteiger partial charge in [0.05, 0.1) is 11.9 Å². The van der Waals surface area contributed by atoms with E-state index in [0.717, 1.165) is 10.6 Å². The first-order chi connectivity index (χ1) is 15.9. The van der Waals surface area contributed by atoms with Crippen molar-refractivity contribution in [3.63, 3.8) is 0 Å². The van der Waals surface area contributed by atoms with Crippen LogP contribution in [0.3, 0.4) is 0 Å². The molecule has 0 saturated heterocycles. The van der Waals surface area contributed by atoms with Gasteiger partial charge < -0.3 is 6.15 Å². The summed E-state index contributed by atoms with van der Waals surface area (Å²) in [5.41, 5.74) is 10.3. The molecule has 0 bridgehead atoms. The van der Waals surface area contributed by atoms with E-state index in [1.54, 1.807) is 68.2 Å². The highest BCUT2D eigenvalue weighted by molar-refractivity contribution is 7.87. The van der Waals surface area contributed by atoms with E-state index in [1.807, 2.05) is 6.92 Å². The summed E-state index contributed by atoms with van der Waals surface area (Å²) < 4.78 is 34.2. The van der Waals surface area contributed by atoms with Crippen molar-refractivity contribution in [1.29, 1.82) is 0 Å². The quantitative estimate of drug-likeness (QED) is 0.264. The first kappa shape index (κ1) is 26.5. The maximum atomic E-state index is 13.5. The number of halogens is 1. The van der Waals surface area contributed by atoms with Gasteiger partial charge in [-0.25, -0.2) is 15.0 Å². The second-order valence-electron chi connectivity index (χ2n) is 8.25. The molecule has 0 aliphatic carbocycles. The largest absolute Gasteiger partial charge is 0.344 e. The highest BCUT2D eigenvalue weighted by atomic mass is 35.5. The number of benzene rings is 2. The zero-order chi connectivity index (χ0) is 24.8. The van der Waals surface area contributed by atoms with Crippen molar-refractivity contribution in [3.8, 4) is 0 Å². The van der Waals surface area contributed by atoms with Crippen molar-refractivity contribution in [2.45, 2.75) is 31.5 Å². The molecule has 10 nitrogen and oxygen atoms in total. The highest BCUT2D eigenvalue weighted by Gasteiger charge is 2.46. The van der Waals surface area contributed by atoms with Crippen molar-refractivity contribution in [1.82, 2.24) is 20.9 Å². The molecule has 1 aromatic heterocycles. The molecule has 12 heteroatoms. The Hall–Kier alpha value is -3.06. The van der Waals surface area contributed by atoms with Gasteiger partial charge in [0.1, 0.15) is 10.6 Å². The Labute approximate surface area is 209 Å². The van der Waals surface area contributed by atoms with Gasteiger partial charge in [0, 0.05) is 35.6 Å². The number of aromatic nitrogens is 2. The third kappa shape index (κ3) is 5.01. The van der Waals surface area contributed by atoms with Gasteiger partial charge >= 0.3 is 10.1 Å². The lowest BCUT2D eigenvalue weighted by molar-refractivity contribution is 0.0139. The van der Waals surface area contributed by atoms with Crippen LogP contribution >= 0.6 is 11.6 Å². The number of rotatable bonds is 5. The fourth-order valence-corrected chi connectivity index (χ4v) is 5.62. The molecule has 7 N–H and O–H groups in total. The molecule has 1 unspecified atom stereocenters. The third-order valence-electron chi connectivity index (χ3n) is 5.43. The third-order valence-corrected chi connectivity index (χ3v) is 7.30. The summed E-state index contributed by atoms with van der Waals surface area (Å²) in [6, 6.07) is 10.5. The molecule has 0 amide bonds. The van der Waals surface area contributed by atoms with Gasteiger partial charge in [0.2, 0.25) is 0 Å². The predicted octanol–water partition coefficient (Wildman–Crippen LogP) is 3.16. The Bertz CT molecular complexity index is 1410. The molecule has 35 heavy (non-hydrogen) atoms. The molecule has 186 valence electrons. The number of hydrogen-bond donors (Lipinski definition) is 3. The monoisotopic (exact) mass is 517 g/mol. The van der Waals surface area contributed by atoms with E-state index in [9.17, 15) is 8.42 Å². The standard InChI is InChI=1S/C23H25ClN6O3S.H3N/c1-14-9-15(2)21(16(3)10-14)34(31,32)33-23(25)22(18-11-27-29(4)12-18)28-20(13-30(23)26)17-5-7-19(24)8-6-17;/h5-13H,25-26H2,1-4H3;1H3. The van der Waals surface area contributed by atoms with Gasteiger partial charge in [-0.05, 0) is 44.0 Å². The molecule has 0 saturated carbocycles. The number of hydrazine groups is 1. The van der Waals surface area contributed by atoms with Gasteiger partial charge in [-0.15, -0.1) is 0 Å². The van der Waals surface area contributed by atoms with E-state index in [-0.39, 0.29) is 16.8 Å². The van der Waals surface area contributed by atoms with E-state index in [0.29, 0.717) is 33.0 Å². The summed E-state index contributed by atoms with van der Waals surface area (Å²) in [6.07, 6.45) is 4.59. The van der Waals surface area contributed by atoms with Crippen LogP contribution in [-0.2, 0) is 21.3 Å².